The SMILES string of the molecule is c1ccc(-c2c3ccccc3c(-c3c4ccccc4c(-n4c5ccc6ccccc6c5c5c6ccccc6ccc54)c4ccccc34)c3ccc(-c4cccc5ccccc45)cc23)cc1. The number of hydrogen-bond acceptors (Lipinski definition) is 0. The van der Waals surface area contributed by atoms with Crippen LogP contribution in [0.25, 0.3) is 136 Å². The fraction of sp³-hybridized carbons (Fsp3) is 0. The number of aromatic nitrogens is 1. The quantitative estimate of drug-likeness (QED) is 0.156. The molecule has 13 aromatic carbocycles. The molecule has 0 unspecified atom stereocenters. The molecule has 0 saturated heterocycles. The van der Waals surface area contributed by atoms with E-state index in [1.807, 2.05) is 0 Å². The molecule has 14 rings (SSSR count). The maximum absolute atomic E-state index is 2.57. The van der Waals surface area contributed by atoms with Crippen LogP contribution in [0.15, 0.2) is 237 Å². The van der Waals surface area contributed by atoms with E-state index in [0.717, 1.165) is 0 Å². The molecule has 0 saturated carbocycles. The smallest absolute Gasteiger partial charge is 0.0619 e. The van der Waals surface area contributed by atoms with Crippen LogP contribution in [-0.2, 0) is 0 Å². The van der Waals surface area contributed by atoms with Gasteiger partial charge in [0.1, 0.15) is 0 Å². The lowest BCUT2D eigenvalue weighted by Crippen LogP contribution is -2.00. The molecular formula is C64H39N. The minimum Gasteiger partial charge on any atom is -0.308 e. The van der Waals surface area contributed by atoms with E-state index in [0.29, 0.717) is 0 Å². The van der Waals surface area contributed by atoms with Gasteiger partial charge in [-0.25, -0.2) is 0 Å². The molecule has 0 aliphatic carbocycles. The van der Waals surface area contributed by atoms with E-state index < -0.39 is 0 Å². The average molecular weight is 822 g/mol. The Morgan fingerprint density at radius 3 is 1.22 bits per heavy atom. The first-order valence-corrected chi connectivity index (χ1v) is 22.6. The van der Waals surface area contributed by atoms with E-state index in [4.69, 9.17) is 0 Å². The van der Waals surface area contributed by atoms with E-state index in [9.17, 15) is 0 Å². The number of hydrogen-bond donors (Lipinski definition) is 0. The molecule has 14 aromatic rings. The molecule has 0 amide bonds. The maximum atomic E-state index is 2.57. The third-order valence-electron chi connectivity index (χ3n) is 14.1. The van der Waals surface area contributed by atoms with Gasteiger partial charge in [0.05, 0.1) is 16.7 Å². The molecule has 65 heavy (non-hydrogen) atoms. The third-order valence-corrected chi connectivity index (χ3v) is 14.1. The van der Waals surface area contributed by atoms with Gasteiger partial charge >= 0.3 is 0 Å². The zero-order valence-electron chi connectivity index (χ0n) is 35.5. The summed E-state index contributed by atoms with van der Waals surface area (Å²) in [6.45, 7) is 0. The summed E-state index contributed by atoms with van der Waals surface area (Å²) in [5, 5.41) is 20.0. The van der Waals surface area contributed by atoms with Crippen molar-refractivity contribution in [3.05, 3.63) is 237 Å². The molecule has 0 spiro atoms. The Hall–Kier alpha value is -8.52. The van der Waals surface area contributed by atoms with Crippen molar-refractivity contribution in [1.82, 2.24) is 4.57 Å². The number of benzene rings is 13. The van der Waals surface area contributed by atoms with E-state index in [1.54, 1.807) is 0 Å². The van der Waals surface area contributed by atoms with Crippen molar-refractivity contribution in [2.45, 2.75) is 0 Å². The van der Waals surface area contributed by atoms with Crippen LogP contribution in [0.3, 0.4) is 0 Å². The Morgan fingerprint density at radius 1 is 0.231 bits per heavy atom. The molecule has 0 bridgehead atoms. The lowest BCUT2D eigenvalue weighted by Gasteiger charge is -2.23. The fourth-order valence-electron chi connectivity index (χ4n) is 11.4. The van der Waals surface area contributed by atoms with Gasteiger partial charge in [-0.3, -0.25) is 0 Å². The average Bonchev–Trinajstić information content (AvgIpc) is 3.72. The second kappa shape index (κ2) is 14.0. The van der Waals surface area contributed by atoms with Crippen LogP contribution in [0.4, 0.5) is 0 Å². The molecule has 0 radical (unpaired) electrons. The topological polar surface area (TPSA) is 4.93 Å². The lowest BCUT2D eigenvalue weighted by molar-refractivity contribution is 1.22. The summed E-state index contributed by atoms with van der Waals surface area (Å²) in [6, 6.07) is 88.0. The minimum atomic E-state index is 1.21. The van der Waals surface area contributed by atoms with E-state index in [1.165, 1.54) is 136 Å². The lowest BCUT2D eigenvalue weighted by atomic mass is 9.81. The first-order valence-electron chi connectivity index (χ1n) is 22.6. The summed E-state index contributed by atoms with van der Waals surface area (Å²) in [7, 11) is 0. The van der Waals surface area contributed by atoms with Gasteiger partial charge in [0.2, 0.25) is 0 Å². The van der Waals surface area contributed by atoms with Gasteiger partial charge in [0.25, 0.3) is 0 Å². The Labute approximate surface area is 375 Å². The molecule has 0 aliphatic heterocycles. The predicted octanol–water partition coefficient (Wildman–Crippen LogP) is 17.9. The molecule has 0 fully saturated rings. The Bertz CT molecular complexity index is 4130. The van der Waals surface area contributed by atoms with Crippen molar-refractivity contribution in [1.29, 1.82) is 0 Å². The molecule has 1 aromatic heterocycles. The highest BCUT2D eigenvalue weighted by atomic mass is 15.0. The van der Waals surface area contributed by atoms with Crippen LogP contribution in [0.2, 0.25) is 0 Å². The van der Waals surface area contributed by atoms with Gasteiger partial charge < -0.3 is 4.57 Å². The first-order chi connectivity index (χ1) is 32.3. The molecule has 0 aliphatic rings. The van der Waals surface area contributed by atoms with Crippen molar-refractivity contribution in [3.63, 3.8) is 0 Å². The van der Waals surface area contributed by atoms with Gasteiger partial charge in [-0.2, -0.15) is 0 Å². The van der Waals surface area contributed by atoms with Crippen LogP contribution in [0.5, 0.6) is 0 Å². The highest BCUT2D eigenvalue weighted by Crippen LogP contribution is 2.51. The molecule has 1 heteroatoms. The fourth-order valence-corrected chi connectivity index (χ4v) is 11.4. The van der Waals surface area contributed by atoms with E-state index >= 15 is 0 Å². The zero-order chi connectivity index (χ0) is 42.6. The highest BCUT2D eigenvalue weighted by Gasteiger charge is 2.25. The Kier molecular flexibility index (Phi) is 7.75. The summed E-state index contributed by atoms with van der Waals surface area (Å²) in [5.41, 5.74) is 11.1. The van der Waals surface area contributed by atoms with E-state index in [-0.39, 0.29) is 0 Å². The van der Waals surface area contributed by atoms with Gasteiger partial charge in [-0.05, 0) is 116 Å². The van der Waals surface area contributed by atoms with Gasteiger partial charge in [-0.15, -0.1) is 0 Å². The minimum absolute atomic E-state index is 1.21. The summed E-state index contributed by atoms with van der Waals surface area (Å²) < 4.78 is 2.57. The normalized spacial score (nSPS) is 12.0. The second-order valence-corrected chi connectivity index (χ2v) is 17.5. The van der Waals surface area contributed by atoms with Crippen molar-refractivity contribution >= 4 is 97.2 Å². The van der Waals surface area contributed by atoms with Crippen LogP contribution in [-0.4, -0.2) is 4.57 Å². The van der Waals surface area contributed by atoms with Crippen LogP contribution in [0.1, 0.15) is 0 Å². The van der Waals surface area contributed by atoms with Crippen molar-refractivity contribution in [3.8, 4) is 39.1 Å². The highest BCUT2D eigenvalue weighted by molar-refractivity contribution is 6.32. The van der Waals surface area contributed by atoms with Crippen LogP contribution in [0, 0.1) is 0 Å². The van der Waals surface area contributed by atoms with E-state index in [2.05, 4.69) is 241 Å². The molecule has 1 nitrogen and oxygen atoms in total. The molecule has 0 atom stereocenters. The Morgan fingerprint density at radius 2 is 0.646 bits per heavy atom. The molecular weight excluding hydrogens is 783 g/mol. The van der Waals surface area contributed by atoms with Gasteiger partial charge in [0.15, 0.2) is 0 Å². The Balaban J connectivity index is 1.15. The van der Waals surface area contributed by atoms with Gasteiger partial charge in [0, 0.05) is 21.5 Å². The number of nitrogens with zero attached hydrogens (tertiary/aromatic N) is 1. The summed E-state index contributed by atoms with van der Waals surface area (Å²) in [5.74, 6) is 0. The monoisotopic (exact) mass is 821 g/mol. The molecule has 300 valence electrons. The third kappa shape index (κ3) is 5.21. The first kappa shape index (κ1) is 36.0. The predicted molar refractivity (Wildman–Crippen MR) is 280 cm³/mol. The number of rotatable bonds is 4. The molecule has 1 heterocycles. The standard InChI is InChI=1S/C64H39N/c1-2-20-43(21-3-1)59-49-26-10-11-27-50(49)60(53-36-33-44(39-56(53)59)46-32-16-22-40-17-4-7-23-45(40)46)61-51-28-12-14-30-54(51)64(55-31-15-13-29-52(55)61)65-57-37-34-41-18-5-8-24-47(41)62(57)63-48-25-9-6-19-42(48)35-38-58(63)65/h1-39H. The van der Waals surface area contributed by atoms with Crippen molar-refractivity contribution < 1.29 is 0 Å². The van der Waals surface area contributed by atoms with Gasteiger partial charge in [-0.1, -0.05) is 218 Å². The largest absolute Gasteiger partial charge is 0.308 e. The molecule has 0 N–H and O–H groups in total. The van der Waals surface area contributed by atoms with Crippen molar-refractivity contribution in [2.24, 2.45) is 0 Å². The summed E-state index contributed by atoms with van der Waals surface area (Å²) in [4.78, 5) is 0. The summed E-state index contributed by atoms with van der Waals surface area (Å²) in [6.07, 6.45) is 0. The maximum Gasteiger partial charge on any atom is 0.0619 e. The summed E-state index contributed by atoms with van der Waals surface area (Å²) >= 11 is 0. The van der Waals surface area contributed by atoms with Crippen molar-refractivity contribution in [2.75, 3.05) is 0 Å². The number of fused-ring (bicyclic) bond motifs is 12. The zero-order valence-corrected chi connectivity index (χ0v) is 35.5. The van der Waals surface area contributed by atoms with Crippen LogP contribution < -0.4 is 0 Å². The second-order valence-electron chi connectivity index (χ2n) is 17.5. The van der Waals surface area contributed by atoms with Crippen LogP contribution >= 0.6 is 0 Å².